The standard InChI is InChI=1S/C48H32N2OS/c1-4-13-33(14-5-1)34-15-12-20-37(29-34)50(39-23-26-42-41-21-10-11-22-45(41)51-46(42)31-39)38-25-28-47-44(30-38)43-27-24-40(32-48(43)52-47)49(35-16-6-2-7-17-35)36-18-8-3-9-19-36/h1-32H. The van der Waals surface area contributed by atoms with Crippen LogP contribution in [-0.4, -0.2) is 0 Å². The number of para-hydroxylation sites is 3. The molecule has 0 radical (unpaired) electrons. The van der Waals surface area contributed by atoms with Gasteiger partial charge in [0.2, 0.25) is 0 Å². The maximum absolute atomic E-state index is 6.39. The predicted octanol–water partition coefficient (Wildman–Crippen LogP) is 14.6. The minimum Gasteiger partial charge on any atom is -0.456 e. The zero-order valence-corrected chi connectivity index (χ0v) is 29.0. The number of fused-ring (bicyclic) bond motifs is 6. The van der Waals surface area contributed by atoms with Gasteiger partial charge in [-0.1, -0.05) is 103 Å². The fourth-order valence-electron chi connectivity index (χ4n) is 7.39. The Morgan fingerprint density at radius 1 is 0.308 bits per heavy atom. The molecule has 0 saturated heterocycles. The lowest BCUT2D eigenvalue weighted by Gasteiger charge is -2.26. The van der Waals surface area contributed by atoms with Gasteiger partial charge in [0, 0.05) is 71.1 Å². The van der Waals surface area contributed by atoms with Crippen molar-refractivity contribution in [1.82, 2.24) is 0 Å². The second-order valence-electron chi connectivity index (χ2n) is 13.0. The van der Waals surface area contributed by atoms with Crippen molar-refractivity contribution in [1.29, 1.82) is 0 Å². The van der Waals surface area contributed by atoms with Crippen LogP contribution >= 0.6 is 11.3 Å². The smallest absolute Gasteiger partial charge is 0.137 e. The maximum atomic E-state index is 6.39. The average molecular weight is 685 g/mol. The highest BCUT2D eigenvalue weighted by molar-refractivity contribution is 7.25. The normalized spacial score (nSPS) is 11.5. The second kappa shape index (κ2) is 12.6. The van der Waals surface area contributed by atoms with Crippen molar-refractivity contribution in [2.75, 3.05) is 9.80 Å². The molecule has 0 unspecified atom stereocenters. The van der Waals surface area contributed by atoms with Crippen LogP contribution < -0.4 is 9.80 Å². The van der Waals surface area contributed by atoms with Gasteiger partial charge in [0.05, 0.1) is 0 Å². The molecule has 0 aliphatic carbocycles. The zero-order chi connectivity index (χ0) is 34.4. The molecule has 0 N–H and O–H groups in total. The van der Waals surface area contributed by atoms with E-state index in [1.807, 2.05) is 23.5 Å². The molecular weight excluding hydrogens is 653 g/mol. The Balaban J connectivity index is 1.12. The molecule has 0 saturated carbocycles. The third-order valence-corrected chi connectivity index (χ3v) is 10.9. The highest BCUT2D eigenvalue weighted by Gasteiger charge is 2.19. The van der Waals surface area contributed by atoms with Crippen LogP contribution in [0.3, 0.4) is 0 Å². The summed E-state index contributed by atoms with van der Waals surface area (Å²) in [4.78, 5) is 4.67. The van der Waals surface area contributed by atoms with Crippen LogP contribution in [-0.2, 0) is 0 Å². The molecule has 8 aromatic carbocycles. The number of furan rings is 1. The molecule has 0 fully saturated rings. The zero-order valence-electron chi connectivity index (χ0n) is 28.2. The molecular formula is C48H32N2OS. The Morgan fingerprint density at radius 2 is 0.846 bits per heavy atom. The minimum absolute atomic E-state index is 0.874. The second-order valence-corrected chi connectivity index (χ2v) is 14.1. The summed E-state index contributed by atoms with van der Waals surface area (Å²) in [5.74, 6) is 0. The van der Waals surface area contributed by atoms with E-state index in [0.29, 0.717) is 0 Å². The molecule has 3 nitrogen and oxygen atoms in total. The van der Waals surface area contributed by atoms with E-state index in [1.54, 1.807) is 0 Å². The quantitative estimate of drug-likeness (QED) is 0.167. The summed E-state index contributed by atoms with van der Waals surface area (Å²) in [6.45, 7) is 0. The van der Waals surface area contributed by atoms with Gasteiger partial charge in [-0.05, 0) is 96.1 Å². The van der Waals surface area contributed by atoms with E-state index in [-0.39, 0.29) is 0 Å². The van der Waals surface area contributed by atoms with Gasteiger partial charge in [-0.25, -0.2) is 0 Å². The van der Waals surface area contributed by atoms with Gasteiger partial charge in [0.15, 0.2) is 0 Å². The number of thiophene rings is 1. The molecule has 0 amide bonds. The fraction of sp³-hybridized carbons (Fsp3) is 0. The topological polar surface area (TPSA) is 19.6 Å². The van der Waals surface area contributed by atoms with Crippen LogP contribution in [0.4, 0.5) is 34.1 Å². The largest absolute Gasteiger partial charge is 0.456 e. The SMILES string of the molecule is c1ccc(-c2cccc(N(c3ccc4c(c3)oc3ccccc34)c3ccc4sc5cc(N(c6ccccc6)c6ccccc6)ccc5c4c3)c2)cc1. The van der Waals surface area contributed by atoms with E-state index < -0.39 is 0 Å². The van der Waals surface area contributed by atoms with Crippen molar-refractivity contribution in [2.24, 2.45) is 0 Å². The molecule has 0 aliphatic rings. The van der Waals surface area contributed by atoms with Crippen molar-refractivity contribution in [3.05, 3.63) is 194 Å². The molecule has 2 aromatic heterocycles. The molecule has 0 bridgehead atoms. The minimum atomic E-state index is 0.874. The van der Waals surface area contributed by atoms with E-state index in [1.165, 1.54) is 31.3 Å². The molecule has 2 heterocycles. The highest BCUT2D eigenvalue weighted by Crippen LogP contribution is 2.44. The van der Waals surface area contributed by atoms with Gasteiger partial charge in [-0.3, -0.25) is 0 Å². The van der Waals surface area contributed by atoms with Crippen LogP contribution in [0.2, 0.25) is 0 Å². The predicted molar refractivity (Wildman–Crippen MR) is 221 cm³/mol. The van der Waals surface area contributed by atoms with Crippen molar-refractivity contribution in [3.8, 4) is 11.1 Å². The van der Waals surface area contributed by atoms with Gasteiger partial charge in [-0.2, -0.15) is 0 Å². The van der Waals surface area contributed by atoms with Gasteiger partial charge in [0.1, 0.15) is 11.2 Å². The molecule has 0 aliphatic heterocycles. The third-order valence-electron chi connectivity index (χ3n) is 9.82. The average Bonchev–Trinajstić information content (AvgIpc) is 3.77. The summed E-state index contributed by atoms with van der Waals surface area (Å²) in [6.07, 6.45) is 0. The Morgan fingerprint density at radius 3 is 1.62 bits per heavy atom. The van der Waals surface area contributed by atoms with E-state index in [4.69, 9.17) is 4.42 Å². The fourth-order valence-corrected chi connectivity index (χ4v) is 8.51. The van der Waals surface area contributed by atoms with Crippen molar-refractivity contribution in [2.45, 2.75) is 0 Å². The van der Waals surface area contributed by atoms with Gasteiger partial charge in [-0.15, -0.1) is 11.3 Å². The number of hydrogen-bond acceptors (Lipinski definition) is 4. The van der Waals surface area contributed by atoms with E-state index in [2.05, 4.69) is 192 Å². The van der Waals surface area contributed by atoms with Gasteiger partial charge in [0.25, 0.3) is 0 Å². The Bertz CT molecular complexity index is 2820. The monoisotopic (exact) mass is 684 g/mol. The highest BCUT2D eigenvalue weighted by atomic mass is 32.1. The summed E-state index contributed by atoms with van der Waals surface area (Å²) < 4.78 is 8.90. The first-order valence-corrected chi connectivity index (χ1v) is 18.3. The summed E-state index contributed by atoms with van der Waals surface area (Å²) in [5.41, 5.74) is 10.7. The summed E-state index contributed by atoms with van der Waals surface area (Å²) in [7, 11) is 0. The first-order chi connectivity index (χ1) is 25.8. The van der Waals surface area contributed by atoms with Crippen molar-refractivity contribution in [3.63, 3.8) is 0 Å². The maximum Gasteiger partial charge on any atom is 0.137 e. The molecule has 246 valence electrons. The molecule has 10 aromatic rings. The number of hydrogen-bond donors (Lipinski definition) is 0. The van der Waals surface area contributed by atoms with Gasteiger partial charge < -0.3 is 14.2 Å². The first-order valence-electron chi connectivity index (χ1n) is 17.5. The molecule has 0 spiro atoms. The Labute approximate surface area is 305 Å². The summed E-state index contributed by atoms with van der Waals surface area (Å²) in [5, 5.41) is 4.74. The van der Waals surface area contributed by atoms with Crippen LogP contribution in [0.5, 0.6) is 0 Å². The number of benzene rings is 8. The number of nitrogens with zero attached hydrogens (tertiary/aromatic N) is 2. The van der Waals surface area contributed by atoms with E-state index in [9.17, 15) is 0 Å². The molecule has 10 rings (SSSR count). The number of rotatable bonds is 7. The van der Waals surface area contributed by atoms with Crippen LogP contribution in [0.15, 0.2) is 199 Å². The Kier molecular flexibility index (Phi) is 7.33. The lowest BCUT2D eigenvalue weighted by Crippen LogP contribution is -2.10. The summed E-state index contributed by atoms with van der Waals surface area (Å²) >= 11 is 1.84. The van der Waals surface area contributed by atoms with E-state index >= 15 is 0 Å². The van der Waals surface area contributed by atoms with Crippen LogP contribution in [0, 0.1) is 0 Å². The summed E-state index contributed by atoms with van der Waals surface area (Å²) in [6, 6.07) is 69.1. The Hall–Kier alpha value is -6.62. The third kappa shape index (κ3) is 5.29. The van der Waals surface area contributed by atoms with Gasteiger partial charge >= 0.3 is 0 Å². The van der Waals surface area contributed by atoms with Crippen LogP contribution in [0.25, 0.3) is 53.2 Å². The lowest BCUT2D eigenvalue weighted by atomic mass is 10.0. The molecule has 4 heteroatoms. The molecule has 52 heavy (non-hydrogen) atoms. The van der Waals surface area contributed by atoms with E-state index in [0.717, 1.165) is 56.1 Å². The number of anilines is 6. The molecule has 0 atom stereocenters. The van der Waals surface area contributed by atoms with Crippen molar-refractivity contribution < 1.29 is 4.42 Å². The first kappa shape index (κ1) is 30.2. The van der Waals surface area contributed by atoms with Crippen LogP contribution in [0.1, 0.15) is 0 Å². The van der Waals surface area contributed by atoms with Crippen molar-refractivity contribution >= 4 is 87.6 Å². The lowest BCUT2D eigenvalue weighted by molar-refractivity contribution is 0.669.